The maximum atomic E-state index is 13.6. The Kier molecular flexibility index (Phi) is 4.29. The summed E-state index contributed by atoms with van der Waals surface area (Å²) in [4.78, 5) is 7.24. The smallest absolute Gasteiger partial charge is 0.232 e. The largest absolute Gasteiger partial charge is 0.336 e. The monoisotopic (exact) mass is 330 g/mol. The van der Waals surface area contributed by atoms with Crippen molar-refractivity contribution >= 4 is 38.8 Å². The van der Waals surface area contributed by atoms with Crippen LogP contribution in [0.15, 0.2) is 30.5 Å². The zero-order chi connectivity index (χ0) is 15.6. The quantitative estimate of drug-likeness (QED) is 0.871. The van der Waals surface area contributed by atoms with Gasteiger partial charge in [-0.2, -0.15) is 4.98 Å². The fourth-order valence-electron chi connectivity index (χ4n) is 1.59. The molecule has 112 valence electrons. The van der Waals surface area contributed by atoms with Crippen LogP contribution in [0.1, 0.15) is 0 Å². The summed E-state index contributed by atoms with van der Waals surface area (Å²) >= 11 is 5.62. The molecule has 2 aromatic rings. The molecule has 0 aliphatic rings. The Labute approximate surface area is 126 Å². The third-order valence-corrected chi connectivity index (χ3v) is 4.08. The number of nitrogens with one attached hydrogen (secondary N) is 1. The maximum absolute atomic E-state index is 13.6. The predicted octanol–water partition coefficient (Wildman–Crippen LogP) is 2.41. The lowest BCUT2D eigenvalue weighted by Gasteiger charge is -2.20. The SMILES string of the molecule is CN(c1ccccc1Nc1nc(Cl)ncc1F)S(C)(=O)=O. The van der Waals surface area contributed by atoms with Gasteiger partial charge in [0.25, 0.3) is 0 Å². The zero-order valence-corrected chi connectivity index (χ0v) is 12.8. The van der Waals surface area contributed by atoms with Crippen molar-refractivity contribution in [3.63, 3.8) is 0 Å². The van der Waals surface area contributed by atoms with Gasteiger partial charge in [0.2, 0.25) is 15.3 Å². The lowest BCUT2D eigenvalue weighted by atomic mass is 10.2. The summed E-state index contributed by atoms with van der Waals surface area (Å²) in [5.41, 5.74) is 0.730. The second-order valence-corrected chi connectivity index (χ2v) is 6.56. The Hall–Kier alpha value is -1.93. The highest BCUT2D eigenvalue weighted by Gasteiger charge is 2.16. The molecule has 6 nitrogen and oxygen atoms in total. The summed E-state index contributed by atoms with van der Waals surface area (Å²) in [5.74, 6) is -0.833. The molecule has 0 spiro atoms. The van der Waals surface area contributed by atoms with Crippen LogP contribution in [0, 0.1) is 5.82 Å². The van der Waals surface area contributed by atoms with E-state index in [1.807, 2.05) is 0 Å². The molecule has 1 N–H and O–H groups in total. The minimum absolute atomic E-state index is 0.118. The van der Waals surface area contributed by atoms with Crippen LogP contribution >= 0.6 is 11.6 Å². The summed E-state index contributed by atoms with van der Waals surface area (Å²) < 4.78 is 38.0. The maximum Gasteiger partial charge on any atom is 0.232 e. The molecule has 21 heavy (non-hydrogen) atoms. The fourth-order valence-corrected chi connectivity index (χ4v) is 2.24. The van der Waals surface area contributed by atoms with Gasteiger partial charge in [0.1, 0.15) is 0 Å². The van der Waals surface area contributed by atoms with E-state index in [2.05, 4.69) is 15.3 Å². The summed E-state index contributed by atoms with van der Waals surface area (Å²) in [6.07, 6.45) is 2.01. The molecule has 0 aliphatic heterocycles. The number of halogens is 2. The average Bonchev–Trinajstić information content (AvgIpc) is 2.42. The molecule has 0 aliphatic carbocycles. The Bertz CT molecular complexity index is 770. The first-order chi connectivity index (χ1) is 9.79. The second-order valence-electron chi connectivity index (χ2n) is 4.21. The van der Waals surface area contributed by atoms with Crippen LogP contribution in [0.4, 0.5) is 21.6 Å². The van der Waals surface area contributed by atoms with Crippen LogP contribution in [0.5, 0.6) is 0 Å². The number of rotatable bonds is 4. The first kappa shape index (κ1) is 15.5. The molecule has 0 fully saturated rings. The third-order valence-electron chi connectivity index (χ3n) is 2.71. The minimum atomic E-state index is -3.45. The molecule has 0 radical (unpaired) electrons. The van der Waals surface area contributed by atoms with E-state index in [9.17, 15) is 12.8 Å². The van der Waals surface area contributed by atoms with Crippen molar-refractivity contribution in [2.24, 2.45) is 0 Å². The molecule has 2 rings (SSSR count). The number of para-hydroxylation sites is 2. The van der Waals surface area contributed by atoms with Crippen LogP contribution in [-0.4, -0.2) is 31.7 Å². The third kappa shape index (κ3) is 3.59. The van der Waals surface area contributed by atoms with E-state index >= 15 is 0 Å². The molecule has 1 aromatic heterocycles. The van der Waals surface area contributed by atoms with Gasteiger partial charge < -0.3 is 5.32 Å². The van der Waals surface area contributed by atoms with Gasteiger partial charge in [-0.15, -0.1) is 0 Å². The van der Waals surface area contributed by atoms with Gasteiger partial charge in [-0.3, -0.25) is 4.31 Å². The molecule has 0 saturated carbocycles. The van der Waals surface area contributed by atoms with E-state index in [4.69, 9.17) is 11.6 Å². The highest BCUT2D eigenvalue weighted by Crippen LogP contribution is 2.29. The Morgan fingerprint density at radius 1 is 1.33 bits per heavy atom. The predicted molar refractivity (Wildman–Crippen MR) is 80.0 cm³/mol. The molecule has 0 saturated heterocycles. The van der Waals surface area contributed by atoms with E-state index < -0.39 is 15.8 Å². The van der Waals surface area contributed by atoms with Crippen molar-refractivity contribution in [2.75, 3.05) is 22.9 Å². The number of nitrogens with zero attached hydrogens (tertiary/aromatic N) is 3. The molecule has 1 aromatic carbocycles. The van der Waals surface area contributed by atoms with E-state index in [1.165, 1.54) is 7.05 Å². The highest BCUT2D eigenvalue weighted by atomic mass is 35.5. The summed E-state index contributed by atoms with van der Waals surface area (Å²) in [6.45, 7) is 0. The van der Waals surface area contributed by atoms with Gasteiger partial charge in [-0.25, -0.2) is 17.8 Å². The van der Waals surface area contributed by atoms with E-state index in [0.717, 1.165) is 16.8 Å². The van der Waals surface area contributed by atoms with Crippen molar-refractivity contribution in [1.29, 1.82) is 0 Å². The molecular formula is C12H12ClFN4O2S. The van der Waals surface area contributed by atoms with Crippen molar-refractivity contribution < 1.29 is 12.8 Å². The zero-order valence-electron chi connectivity index (χ0n) is 11.2. The van der Waals surface area contributed by atoms with Gasteiger partial charge in [-0.05, 0) is 23.7 Å². The van der Waals surface area contributed by atoms with Crippen LogP contribution < -0.4 is 9.62 Å². The van der Waals surface area contributed by atoms with Crippen LogP contribution in [0.2, 0.25) is 5.28 Å². The van der Waals surface area contributed by atoms with Crippen molar-refractivity contribution in [3.05, 3.63) is 41.6 Å². The normalized spacial score (nSPS) is 11.2. The highest BCUT2D eigenvalue weighted by molar-refractivity contribution is 7.92. The van der Waals surface area contributed by atoms with Crippen LogP contribution in [0.3, 0.4) is 0 Å². The molecule has 0 unspecified atom stereocenters. The molecule has 0 atom stereocenters. The van der Waals surface area contributed by atoms with Gasteiger partial charge in [0, 0.05) is 7.05 Å². The number of anilines is 3. The number of aromatic nitrogens is 2. The van der Waals surface area contributed by atoms with Gasteiger partial charge in [-0.1, -0.05) is 12.1 Å². The molecule has 0 amide bonds. The Morgan fingerprint density at radius 3 is 2.67 bits per heavy atom. The fraction of sp³-hybridized carbons (Fsp3) is 0.167. The summed E-state index contributed by atoms with van der Waals surface area (Å²) in [5, 5.41) is 2.60. The molecule has 1 heterocycles. The van der Waals surface area contributed by atoms with Crippen LogP contribution in [0.25, 0.3) is 0 Å². The number of sulfonamides is 1. The number of hydrogen-bond acceptors (Lipinski definition) is 5. The molecule has 9 heteroatoms. The summed E-state index contributed by atoms with van der Waals surface area (Å²) in [7, 11) is -2.05. The van der Waals surface area contributed by atoms with E-state index in [1.54, 1.807) is 24.3 Å². The first-order valence-corrected chi connectivity index (χ1v) is 7.99. The van der Waals surface area contributed by atoms with Crippen molar-refractivity contribution in [2.45, 2.75) is 0 Å². The standard InChI is InChI=1S/C12H12ClFN4O2S/c1-18(21(2,19)20)10-6-4-3-5-9(10)16-11-8(14)7-15-12(13)17-11/h3-7H,1-2H3,(H,15,16,17). The second kappa shape index (κ2) is 5.82. The Morgan fingerprint density at radius 2 is 2.00 bits per heavy atom. The van der Waals surface area contributed by atoms with Gasteiger partial charge in [0.05, 0.1) is 23.8 Å². The average molecular weight is 331 g/mol. The molecular weight excluding hydrogens is 319 g/mol. The number of hydrogen-bond donors (Lipinski definition) is 1. The van der Waals surface area contributed by atoms with Gasteiger partial charge >= 0.3 is 0 Å². The van der Waals surface area contributed by atoms with Crippen LogP contribution in [-0.2, 0) is 10.0 Å². The minimum Gasteiger partial charge on any atom is -0.336 e. The van der Waals surface area contributed by atoms with E-state index in [0.29, 0.717) is 11.4 Å². The number of benzene rings is 1. The topological polar surface area (TPSA) is 75.2 Å². The lowest BCUT2D eigenvalue weighted by Crippen LogP contribution is -2.25. The van der Waals surface area contributed by atoms with Gasteiger partial charge in [0.15, 0.2) is 11.6 Å². The Balaban J connectivity index is 2.44. The summed E-state index contributed by atoms with van der Waals surface area (Å²) in [6, 6.07) is 6.55. The molecule has 0 bridgehead atoms. The van der Waals surface area contributed by atoms with Crippen molar-refractivity contribution in [1.82, 2.24) is 9.97 Å². The van der Waals surface area contributed by atoms with Crippen molar-refractivity contribution in [3.8, 4) is 0 Å². The van der Waals surface area contributed by atoms with E-state index in [-0.39, 0.29) is 11.1 Å². The lowest BCUT2D eigenvalue weighted by molar-refractivity contribution is 0.600. The first-order valence-electron chi connectivity index (χ1n) is 5.77.